The van der Waals surface area contributed by atoms with Gasteiger partial charge in [0.25, 0.3) is 5.91 Å². The third-order valence-corrected chi connectivity index (χ3v) is 3.61. The standard InChI is InChI=1S/C13H21N5O2/c1-9-12(10(2)17(3)16-9)13(20)15-8-11(19)18-6-4-14-5-7-18/h14H,4-8H2,1-3H3,(H,15,20). The quantitative estimate of drug-likeness (QED) is 0.759. The number of amides is 2. The van der Waals surface area contributed by atoms with Crippen LogP contribution in [0.3, 0.4) is 0 Å². The molecule has 2 rings (SSSR count). The van der Waals surface area contributed by atoms with Gasteiger partial charge in [0.15, 0.2) is 0 Å². The number of carbonyl (C=O) groups is 2. The van der Waals surface area contributed by atoms with Crippen molar-refractivity contribution in [3.05, 3.63) is 17.0 Å². The van der Waals surface area contributed by atoms with Crippen LogP contribution in [0.2, 0.25) is 0 Å². The summed E-state index contributed by atoms with van der Waals surface area (Å²) in [6, 6.07) is 0. The first-order valence-corrected chi connectivity index (χ1v) is 6.77. The van der Waals surface area contributed by atoms with Crippen molar-refractivity contribution < 1.29 is 9.59 Å². The summed E-state index contributed by atoms with van der Waals surface area (Å²) in [5, 5.41) is 10.1. The molecule has 110 valence electrons. The summed E-state index contributed by atoms with van der Waals surface area (Å²) in [5.41, 5.74) is 2.03. The number of aromatic nitrogens is 2. The third-order valence-electron chi connectivity index (χ3n) is 3.61. The zero-order valence-corrected chi connectivity index (χ0v) is 12.2. The maximum absolute atomic E-state index is 12.1. The number of hydrogen-bond acceptors (Lipinski definition) is 4. The predicted octanol–water partition coefficient (Wildman–Crippen LogP) is -0.801. The lowest BCUT2D eigenvalue weighted by molar-refractivity contribution is -0.130. The van der Waals surface area contributed by atoms with Crippen molar-refractivity contribution in [3.8, 4) is 0 Å². The van der Waals surface area contributed by atoms with E-state index in [1.807, 2.05) is 6.92 Å². The fraction of sp³-hybridized carbons (Fsp3) is 0.615. The van der Waals surface area contributed by atoms with Gasteiger partial charge in [0, 0.05) is 38.9 Å². The average Bonchev–Trinajstić information content (AvgIpc) is 2.70. The number of hydrogen-bond donors (Lipinski definition) is 2. The Hall–Kier alpha value is -1.89. The van der Waals surface area contributed by atoms with E-state index in [9.17, 15) is 9.59 Å². The molecule has 20 heavy (non-hydrogen) atoms. The SMILES string of the molecule is Cc1nn(C)c(C)c1C(=O)NCC(=O)N1CCNCC1. The van der Waals surface area contributed by atoms with Crippen molar-refractivity contribution >= 4 is 11.8 Å². The van der Waals surface area contributed by atoms with Gasteiger partial charge in [-0.25, -0.2) is 0 Å². The second-order valence-electron chi connectivity index (χ2n) is 4.98. The van der Waals surface area contributed by atoms with Crippen LogP contribution in [0.15, 0.2) is 0 Å². The molecule has 0 aliphatic carbocycles. The molecule has 0 atom stereocenters. The van der Waals surface area contributed by atoms with Gasteiger partial charge in [-0.2, -0.15) is 5.10 Å². The van der Waals surface area contributed by atoms with Crippen molar-refractivity contribution in [1.82, 2.24) is 25.3 Å². The Balaban J connectivity index is 1.93. The Morgan fingerprint density at radius 3 is 2.50 bits per heavy atom. The van der Waals surface area contributed by atoms with Crippen LogP contribution in [-0.2, 0) is 11.8 Å². The lowest BCUT2D eigenvalue weighted by atomic mass is 10.2. The Morgan fingerprint density at radius 2 is 1.95 bits per heavy atom. The minimum absolute atomic E-state index is 0.0343. The highest BCUT2D eigenvalue weighted by Gasteiger charge is 2.20. The van der Waals surface area contributed by atoms with E-state index in [-0.39, 0.29) is 18.4 Å². The highest BCUT2D eigenvalue weighted by molar-refractivity contribution is 5.98. The lowest BCUT2D eigenvalue weighted by Crippen LogP contribution is -2.49. The maximum Gasteiger partial charge on any atom is 0.255 e. The Bertz CT molecular complexity index is 517. The van der Waals surface area contributed by atoms with Crippen molar-refractivity contribution in [2.45, 2.75) is 13.8 Å². The first kappa shape index (κ1) is 14.5. The van der Waals surface area contributed by atoms with Gasteiger partial charge in [0.05, 0.1) is 17.8 Å². The molecule has 0 bridgehead atoms. The molecule has 1 aromatic rings. The fourth-order valence-corrected chi connectivity index (χ4v) is 2.37. The summed E-state index contributed by atoms with van der Waals surface area (Å²) < 4.78 is 1.67. The monoisotopic (exact) mass is 279 g/mol. The van der Waals surface area contributed by atoms with Crippen LogP contribution in [0.1, 0.15) is 21.7 Å². The molecule has 2 heterocycles. The molecule has 0 aromatic carbocycles. The molecule has 1 saturated heterocycles. The Kier molecular flexibility index (Phi) is 4.39. The summed E-state index contributed by atoms with van der Waals surface area (Å²) in [5.74, 6) is -0.282. The van der Waals surface area contributed by atoms with E-state index in [1.54, 1.807) is 23.6 Å². The molecule has 7 heteroatoms. The molecule has 0 radical (unpaired) electrons. The molecule has 2 amide bonds. The molecule has 7 nitrogen and oxygen atoms in total. The molecule has 0 unspecified atom stereocenters. The second-order valence-corrected chi connectivity index (χ2v) is 4.98. The molecular weight excluding hydrogens is 258 g/mol. The van der Waals surface area contributed by atoms with Crippen molar-refractivity contribution in [1.29, 1.82) is 0 Å². The van der Waals surface area contributed by atoms with Gasteiger partial charge in [0.1, 0.15) is 0 Å². The van der Waals surface area contributed by atoms with Gasteiger partial charge >= 0.3 is 0 Å². The summed E-state index contributed by atoms with van der Waals surface area (Å²) in [7, 11) is 1.80. The number of aryl methyl sites for hydroxylation is 2. The zero-order chi connectivity index (χ0) is 14.7. The van der Waals surface area contributed by atoms with Crippen LogP contribution in [0.4, 0.5) is 0 Å². The lowest BCUT2D eigenvalue weighted by Gasteiger charge is -2.27. The predicted molar refractivity (Wildman–Crippen MR) is 74.5 cm³/mol. The van der Waals surface area contributed by atoms with Crippen LogP contribution in [0, 0.1) is 13.8 Å². The van der Waals surface area contributed by atoms with Gasteiger partial charge in [0.2, 0.25) is 5.91 Å². The molecule has 1 aliphatic rings. The first-order chi connectivity index (χ1) is 9.50. The smallest absolute Gasteiger partial charge is 0.255 e. The van der Waals surface area contributed by atoms with E-state index in [0.29, 0.717) is 24.3 Å². The largest absolute Gasteiger partial charge is 0.343 e. The van der Waals surface area contributed by atoms with E-state index in [2.05, 4.69) is 15.7 Å². The van der Waals surface area contributed by atoms with Crippen molar-refractivity contribution in [2.75, 3.05) is 32.7 Å². The molecule has 0 spiro atoms. The van der Waals surface area contributed by atoms with Crippen molar-refractivity contribution in [2.24, 2.45) is 7.05 Å². The molecule has 0 saturated carbocycles. The highest BCUT2D eigenvalue weighted by Crippen LogP contribution is 2.11. The number of nitrogens with one attached hydrogen (secondary N) is 2. The fourth-order valence-electron chi connectivity index (χ4n) is 2.37. The maximum atomic E-state index is 12.1. The summed E-state index contributed by atoms with van der Waals surface area (Å²) in [6.45, 7) is 6.67. The third kappa shape index (κ3) is 2.98. The van der Waals surface area contributed by atoms with E-state index >= 15 is 0 Å². The zero-order valence-electron chi connectivity index (χ0n) is 12.2. The summed E-state index contributed by atoms with van der Waals surface area (Å²) in [4.78, 5) is 25.9. The number of piperazine rings is 1. The van der Waals surface area contributed by atoms with Crippen LogP contribution in [-0.4, -0.2) is 59.2 Å². The minimum Gasteiger partial charge on any atom is -0.343 e. The number of carbonyl (C=O) groups excluding carboxylic acids is 2. The molecule has 1 aromatic heterocycles. The van der Waals surface area contributed by atoms with Crippen LogP contribution in [0.25, 0.3) is 0 Å². The van der Waals surface area contributed by atoms with Crippen LogP contribution in [0.5, 0.6) is 0 Å². The van der Waals surface area contributed by atoms with Gasteiger partial charge < -0.3 is 15.5 Å². The second kappa shape index (κ2) is 6.04. The molecule has 1 fully saturated rings. The van der Waals surface area contributed by atoms with Crippen LogP contribution < -0.4 is 10.6 Å². The molecular formula is C13H21N5O2. The van der Waals surface area contributed by atoms with E-state index in [1.165, 1.54) is 0 Å². The number of rotatable bonds is 3. The van der Waals surface area contributed by atoms with E-state index < -0.39 is 0 Å². The molecule has 2 N–H and O–H groups in total. The van der Waals surface area contributed by atoms with Gasteiger partial charge in [-0.3, -0.25) is 14.3 Å². The van der Waals surface area contributed by atoms with Gasteiger partial charge in [-0.1, -0.05) is 0 Å². The van der Waals surface area contributed by atoms with E-state index in [0.717, 1.165) is 18.8 Å². The summed E-state index contributed by atoms with van der Waals surface area (Å²) in [6.07, 6.45) is 0. The van der Waals surface area contributed by atoms with Gasteiger partial charge in [-0.15, -0.1) is 0 Å². The summed E-state index contributed by atoms with van der Waals surface area (Å²) >= 11 is 0. The first-order valence-electron chi connectivity index (χ1n) is 6.77. The van der Waals surface area contributed by atoms with Gasteiger partial charge in [-0.05, 0) is 13.8 Å². The normalized spacial score (nSPS) is 15.2. The Labute approximate surface area is 118 Å². The minimum atomic E-state index is -0.239. The van der Waals surface area contributed by atoms with E-state index in [4.69, 9.17) is 0 Å². The molecule has 1 aliphatic heterocycles. The topological polar surface area (TPSA) is 79.3 Å². The Morgan fingerprint density at radius 1 is 1.30 bits per heavy atom. The average molecular weight is 279 g/mol. The van der Waals surface area contributed by atoms with Crippen molar-refractivity contribution in [3.63, 3.8) is 0 Å². The number of nitrogens with zero attached hydrogens (tertiary/aromatic N) is 3. The van der Waals surface area contributed by atoms with Crippen LogP contribution >= 0.6 is 0 Å². The highest BCUT2D eigenvalue weighted by atomic mass is 16.2.